The van der Waals surface area contributed by atoms with Crippen LogP contribution in [0.15, 0.2) is 23.2 Å². The van der Waals surface area contributed by atoms with E-state index < -0.39 is 0 Å². The molecular weight excluding hydrogens is 286 g/mol. The van der Waals surface area contributed by atoms with E-state index in [2.05, 4.69) is 64.7 Å². The fourth-order valence-corrected chi connectivity index (χ4v) is 2.37. The fraction of sp³-hybridized carbons (Fsp3) is 0.650. The normalized spacial score (nSPS) is 11.9. The van der Waals surface area contributed by atoms with Gasteiger partial charge in [-0.1, -0.05) is 53.7 Å². The summed E-state index contributed by atoms with van der Waals surface area (Å²) in [6.07, 6.45) is 4.44. The lowest BCUT2D eigenvalue weighted by Gasteiger charge is -2.30. The fourth-order valence-electron chi connectivity index (χ4n) is 2.37. The van der Waals surface area contributed by atoms with Gasteiger partial charge >= 0.3 is 0 Å². The summed E-state index contributed by atoms with van der Waals surface area (Å²) in [6.45, 7) is 14.5. The van der Waals surface area contributed by atoms with Crippen LogP contribution in [-0.2, 0) is 15.6 Å². The zero-order valence-electron chi connectivity index (χ0n) is 15.5. The first-order valence-corrected chi connectivity index (χ1v) is 8.60. The molecule has 23 heavy (non-hydrogen) atoms. The summed E-state index contributed by atoms with van der Waals surface area (Å²) in [4.78, 5) is 13.7. The molecule has 0 amide bonds. The average Bonchev–Trinajstić information content (AvgIpc) is 2.54. The van der Waals surface area contributed by atoms with Crippen molar-refractivity contribution in [3.63, 3.8) is 0 Å². The van der Waals surface area contributed by atoms with Gasteiger partial charge in [0.1, 0.15) is 5.75 Å². The van der Waals surface area contributed by atoms with Gasteiger partial charge < -0.3 is 4.74 Å². The van der Waals surface area contributed by atoms with Crippen LogP contribution >= 0.6 is 0 Å². The number of benzene rings is 1. The van der Waals surface area contributed by atoms with Gasteiger partial charge in [-0.15, -0.1) is 0 Å². The molecule has 0 saturated heterocycles. The molecule has 128 valence electrons. The zero-order valence-corrected chi connectivity index (χ0v) is 15.5. The van der Waals surface area contributed by atoms with Gasteiger partial charge in [-0.05, 0) is 35.3 Å². The molecule has 0 bridgehead atoms. The van der Waals surface area contributed by atoms with E-state index in [0.717, 1.165) is 25.0 Å². The van der Waals surface area contributed by atoms with Gasteiger partial charge in [0.15, 0.2) is 0 Å². The van der Waals surface area contributed by atoms with Gasteiger partial charge in [0, 0.05) is 12.0 Å². The summed E-state index contributed by atoms with van der Waals surface area (Å²) < 4.78 is 5.98. The van der Waals surface area contributed by atoms with Crippen LogP contribution in [0, 0.1) is 0 Å². The number of nitrogens with zero attached hydrogens (tertiary/aromatic N) is 1. The third-order valence-electron chi connectivity index (χ3n) is 4.99. The lowest BCUT2D eigenvalue weighted by Crippen LogP contribution is -2.21. The van der Waals surface area contributed by atoms with Crippen molar-refractivity contribution in [1.29, 1.82) is 0 Å². The second-order valence-electron chi connectivity index (χ2n) is 7.36. The zero-order chi connectivity index (χ0) is 17.5. The molecule has 0 unspecified atom stereocenters. The molecule has 0 atom stereocenters. The van der Waals surface area contributed by atoms with Crippen LogP contribution in [0.3, 0.4) is 0 Å². The number of hydrogen-bond donors (Lipinski definition) is 0. The van der Waals surface area contributed by atoms with Crippen LogP contribution in [0.25, 0.3) is 0 Å². The van der Waals surface area contributed by atoms with Crippen molar-refractivity contribution in [2.24, 2.45) is 4.99 Å². The minimum absolute atomic E-state index is 0.0656. The van der Waals surface area contributed by atoms with Crippen molar-refractivity contribution >= 4 is 6.08 Å². The molecule has 0 fully saturated rings. The Hall–Kier alpha value is -1.60. The summed E-state index contributed by atoms with van der Waals surface area (Å²) in [5.41, 5.74) is 2.85. The van der Waals surface area contributed by atoms with Crippen LogP contribution in [0.5, 0.6) is 5.75 Å². The minimum atomic E-state index is 0.0656. The van der Waals surface area contributed by atoms with Crippen LogP contribution in [0.1, 0.15) is 71.9 Å². The molecule has 0 heterocycles. The first-order valence-electron chi connectivity index (χ1n) is 8.60. The minimum Gasteiger partial charge on any atom is -0.493 e. The van der Waals surface area contributed by atoms with Crippen molar-refractivity contribution in [3.8, 4) is 5.75 Å². The Morgan fingerprint density at radius 2 is 1.74 bits per heavy atom. The number of ether oxygens (including phenoxy) is 1. The van der Waals surface area contributed by atoms with E-state index in [1.807, 2.05) is 0 Å². The monoisotopic (exact) mass is 317 g/mol. The lowest BCUT2D eigenvalue weighted by molar-refractivity contribution is 0.302. The molecule has 3 nitrogen and oxygen atoms in total. The smallest absolute Gasteiger partial charge is 0.234 e. The molecule has 0 aromatic heterocycles. The predicted octanol–water partition coefficient (Wildman–Crippen LogP) is 5.17. The van der Waals surface area contributed by atoms with E-state index in [1.54, 1.807) is 6.08 Å². The highest BCUT2D eigenvalue weighted by atomic mass is 16.5. The maximum absolute atomic E-state index is 10.1. The predicted molar refractivity (Wildman–Crippen MR) is 96.2 cm³/mol. The number of hydrogen-bond acceptors (Lipinski definition) is 3. The molecule has 0 spiro atoms. The molecule has 1 aromatic rings. The van der Waals surface area contributed by atoms with E-state index in [0.29, 0.717) is 13.2 Å². The van der Waals surface area contributed by atoms with Crippen LogP contribution in [0.4, 0.5) is 0 Å². The first-order chi connectivity index (χ1) is 10.8. The number of aliphatic imine (C=N–C) groups is 1. The molecule has 0 radical (unpaired) electrons. The molecule has 0 aliphatic heterocycles. The molecule has 1 rings (SSSR count). The SMILES string of the molecule is CCC(C)(C)c1ccc(OCCCN=C=O)c(C(C)(C)CC)c1. The largest absolute Gasteiger partial charge is 0.493 e. The van der Waals surface area contributed by atoms with E-state index in [-0.39, 0.29) is 10.8 Å². The van der Waals surface area contributed by atoms with Crippen molar-refractivity contribution in [2.45, 2.75) is 71.6 Å². The second-order valence-corrected chi connectivity index (χ2v) is 7.36. The highest BCUT2D eigenvalue weighted by molar-refractivity contribution is 5.44. The highest BCUT2D eigenvalue weighted by Gasteiger charge is 2.26. The second kappa shape index (κ2) is 8.31. The molecular formula is C20H31NO2. The van der Waals surface area contributed by atoms with Crippen molar-refractivity contribution < 1.29 is 9.53 Å². The summed E-state index contributed by atoms with van der Waals surface area (Å²) >= 11 is 0. The molecule has 0 aliphatic rings. The first kappa shape index (κ1) is 19.4. The Balaban J connectivity index is 3.07. The summed E-state index contributed by atoms with van der Waals surface area (Å²) in [6, 6.07) is 6.59. The molecule has 0 saturated carbocycles. The summed E-state index contributed by atoms with van der Waals surface area (Å²) in [7, 11) is 0. The quantitative estimate of drug-likeness (QED) is 0.358. The van der Waals surface area contributed by atoms with E-state index >= 15 is 0 Å². The van der Waals surface area contributed by atoms with Crippen LogP contribution in [0.2, 0.25) is 0 Å². The Bertz CT molecular complexity index is 555. The van der Waals surface area contributed by atoms with Gasteiger partial charge in [-0.25, -0.2) is 9.79 Å². The number of isocyanates is 1. The Labute approximate surface area is 141 Å². The van der Waals surface area contributed by atoms with Crippen molar-refractivity contribution in [3.05, 3.63) is 29.3 Å². The molecule has 3 heteroatoms. The summed E-state index contributed by atoms with van der Waals surface area (Å²) in [5, 5.41) is 0. The lowest BCUT2D eigenvalue weighted by atomic mass is 9.76. The average molecular weight is 317 g/mol. The van der Waals surface area contributed by atoms with E-state index in [1.165, 1.54) is 11.1 Å². The Morgan fingerprint density at radius 1 is 1.09 bits per heavy atom. The Morgan fingerprint density at radius 3 is 2.30 bits per heavy atom. The van der Waals surface area contributed by atoms with E-state index in [4.69, 9.17) is 4.74 Å². The third-order valence-corrected chi connectivity index (χ3v) is 4.99. The van der Waals surface area contributed by atoms with Crippen molar-refractivity contribution in [2.75, 3.05) is 13.2 Å². The third kappa shape index (κ3) is 5.21. The molecule has 0 aliphatic carbocycles. The van der Waals surface area contributed by atoms with Gasteiger partial charge in [0.05, 0.1) is 13.2 Å². The highest BCUT2D eigenvalue weighted by Crippen LogP contribution is 2.38. The van der Waals surface area contributed by atoms with Crippen LogP contribution < -0.4 is 4.74 Å². The maximum atomic E-state index is 10.1. The standard InChI is InChI=1S/C20H31NO2/c1-7-19(3,4)16-10-11-18(23-13-9-12-21-15-22)17(14-16)20(5,6)8-2/h10-11,14H,7-9,12-13H2,1-6H3. The van der Waals surface area contributed by atoms with Gasteiger partial charge in [-0.3, -0.25) is 0 Å². The maximum Gasteiger partial charge on any atom is 0.234 e. The van der Waals surface area contributed by atoms with E-state index in [9.17, 15) is 4.79 Å². The molecule has 1 aromatic carbocycles. The summed E-state index contributed by atoms with van der Waals surface area (Å²) in [5.74, 6) is 0.947. The number of rotatable bonds is 9. The van der Waals surface area contributed by atoms with Gasteiger partial charge in [0.25, 0.3) is 0 Å². The van der Waals surface area contributed by atoms with Gasteiger partial charge in [-0.2, -0.15) is 0 Å². The topological polar surface area (TPSA) is 38.7 Å². The molecule has 0 N–H and O–H groups in total. The van der Waals surface area contributed by atoms with Crippen molar-refractivity contribution in [1.82, 2.24) is 0 Å². The van der Waals surface area contributed by atoms with Gasteiger partial charge in [0.2, 0.25) is 6.08 Å². The number of carbonyl (C=O) groups excluding carboxylic acids is 1. The Kier molecular flexibility index (Phi) is 7.02. The van der Waals surface area contributed by atoms with Crippen LogP contribution in [-0.4, -0.2) is 19.2 Å².